The summed E-state index contributed by atoms with van der Waals surface area (Å²) in [6.45, 7) is 1.25. The van der Waals surface area contributed by atoms with Gasteiger partial charge in [0, 0.05) is 12.1 Å². The molecule has 0 aliphatic heterocycles. The largest absolute Gasteiger partial charge is 0.481 e. The zero-order valence-corrected chi connectivity index (χ0v) is 11.2. The second-order valence-corrected chi connectivity index (χ2v) is 5.17. The molecule has 0 aromatic heterocycles. The van der Waals surface area contributed by atoms with Gasteiger partial charge in [0.1, 0.15) is 0 Å². The van der Waals surface area contributed by atoms with Gasteiger partial charge in [0.25, 0.3) is 0 Å². The molecule has 0 heterocycles. The molecule has 1 aliphatic carbocycles. The normalized spacial score (nSPS) is 24.8. The molecule has 0 radical (unpaired) electrons. The van der Waals surface area contributed by atoms with Crippen molar-refractivity contribution < 1.29 is 27.9 Å². The zero-order chi connectivity index (χ0) is 15.3. The number of nitrogens with one attached hydrogen (secondary N) is 2. The SMILES string of the molecule is CC(CC(F)(F)F)NC(=O)NC1CCCCC1C(=O)O. The lowest BCUT2D eigenvalue weighted by molar-refractivity contribution is -0.143. The van der Waals surface area contributed by atoms with Crippen molar-refractivity contribution >= 4 is 12.0 Å². The van der Waals surface area contributed by atoms with Crippen LogP contribution >= 0.6 is 0 Å². The van der Waals surface area contributed by atoms with E-state index in [0.29, 0.717) is 12.8 Å². The molecule has 1 fully saturated rings. The van der Waals surface area contributed by atoms with Gasteiger partial charge in [-0.05, 0) is 19.8 Å². The average Bonchev–Trinajstić information content (AvgIpc) is 2.26. The lowest BCUT2D eigenvalue weighted by atomic mass is 9.84. The smallest absolute Gasteiger partial charge is 0.391 e. The predicted octanol–water partition coefficient (Wildman–Crippen LogP) is 2.27. The van der Waals surface area contributed by atoms with Crippen molar-refractivity contribution in [2.75, 3.05) is 0 Å². The standard InChI is InChI=1S/C12H19F3N2O3/c1-7(6-12(13,14)15)16-11(20)17-9-5-3-2-4-8(9)10(18)19/h7-9H,2-6H2,1H3,(H,18,19)(H2,16,17,20). The number of halogens is 3. The third-order valence-electron chi connectivity index (χ3n) is 3.31. The summed E-state index contributed by atoms with van der Waals surface area (Å²) in [6.07, 6.45) is -2.89. The topological polar surface area (TPSA) is 78.4 Å². The van der Waals surface area contributed by atoms with Crippen LogP contribution in [0.25, 0.3) is 0 Å². The van der Waals surface area contributed by atoms with Crippen molar-refractivity contribution in [2.45, 2.75) is 57.3 Å². The second-order valence-electron chi connectivity index (χ2n) is 5.17. The molecule has 0 bridgehead atoms. The number of carbonyl (C=O) groups excluding carboxylic acids is 1. The van der Waals surface area contributed by atoms with E-state index in [4.69, 9.17) is 5.11 Å². The summed E-state index contributed by atoms with van der Waals surface area (Å²) >= 11 is 0. The Bertz CT molecular complexity index is 360. The van der Waals surface area contributed by atoms with Crippen molar-refractivity contribution in [1.29, 1.82) is 0 Å². The van der Waals surface area contributed by atoms with Gasteiger partial charge >= 0.3 is 18.2 Å². The minimum Gasteiger partial charge on any atom is -0.481 e. The van der Waals surface area contributed by atoms with Gasteiger partial charge in [-0.1, -0.05) is 12.8 Å². The van der Waals surface area contributed by atoms with Gasteiger partial charge in [-0.15, -0.1) is 0 Å². The molecular weight excluding hydrogens is 277 g/mol. The molecule has 0 saturated heterocycles. The fourth-order valence-electron chi connectivity index (χ4n) is 2.43. The Morgan fingerprint density at radius 2 is 1.90 bits per heavy atom. The van der Waals surface area contributed by atoms with Crippen LogP contribution in [0.4, 0.5) is 18.0 Å². The van der Waals surface area contributed by atoms with E-state index in [2.05, 4.69) is 10.6 Å². The summed E-state index contributed by atoms with van der Waals surface area (Å²) < 4.78 is 36.4. The number of urea groups is 1. The van der Waals surface area contributed by atoms with Crippen LogP contribution in [-0.2, 0) is 4.79 Å². The van der Waals surface area contributed by atoms with E-state index in [1.165, 1.54) is 6.92 Å². The van der Waals surface area contributed by atoms with Crippen LogP contribution < -0.4 is 10.6 Å². The lowest BCUT2D eigenvalue weighted by Gasteiger charge is -2.29. The highest BCUT2D eigenvalue weighted by Gasteiger charge is 2.33. The van der Waals surface area contributed by atoms with Crippen LogP contribution in [0.3, 0.4) is 0 Å². The summed E-state index contributed by atoms with van der Waals surface area (Å²) in [5.41, 5.74) is 0. The highest BCUT2D eigenvalue weighted by Crippen LogP contribution is 2.25. The highest BCUT2D eigenvalue weighted by molar-refractivity contribution is 5.77. The van der Waals surface area contributed by atoms with E-state index in [0.717, 1.165) is 12.8 Å². The van der Waals surface area contributed by atoms with E-state index < -0.39 is 42.6 Å². The van der Waals surface area contributed by atoms with Gasteiger partial charge in [0.2, 0.25) is 0 Å². The van der Waals surface area contributed by atoms with Crippen molar-refractivity contribution in [3.05, 3.63) is 0 Å². The average molecular weight is 296 g/mol. The van der Waals surface area contributed by atoms with Crippen molar-refractivity contribution in [1.82, 2.24) is 10.6 Å². The van der Waals surface area contributed by atoms with Gasteiger partial charge in [0.05, 0.1) is 12.3 Å². The number of aliphatic carboxylic acids is 1. The van der Waals surface area contributed by atoms with E-state index in [9.17, 15) is 22.8 Å². The second kappa shape index (κ2) is 6.81. The molecule has 116 valence electrons. The minimum atomic E-state index is -4.35. The number of amides is 2. The summed E-state index contributed by atoms with van der Waals surface area (Å²) in [7, 11) is 0. The van der Waals surface area contributed by atoms with Crippen molar-refractivity contribution in [3.8, 4) is 0 Å². The first kappa shape index (κ1) is 16.6. The van der Waals surface area contributed by atoms with Crippen molar-refractivity contribution in [3.63, 3.8) is 0 Å². The molecule has 5 nitrogen and oxygen atoms in total. The molecule has 0 aromatic rings. The molecule has 3 N–H and O–H groups in total. The predicted molar refractivity (Wildman–Crippen MR) is 65.2 cm³/mol. The zero-order valence-electron chi connectivity index (χ0n) is 11.2. The Balaban J connectivity index is 2.46. The number of carboxylic acids is 1. The molecule has 20 heavy (non-hydrogen) atoms. The van der Waals surface area contributed by atoms with E-state index >= 15 is 0 Å². The third kappa shape index (κ3) is 5.66. The fourth-order valence-corrected chi connectivity index (χ4v) is 2.43. The van der Waals surface area contributed by atoms with Gasteiger partial charge in [-0.3, -0.25) is 4.79 Å². The number of alkyl halides is 3. The monoisotopic (exact) mass is 296 g/mol. The van der Waals surface area contributed by atoms with E-state index in [1.807, 2.05) is 0 Å². The molecule has 3 unspecified atom stereocenters. The van der Waals surface area contributed by atoms with Crippen molar-refractivity contribution in [2.24, 2.45) is 5.92 Å². The Hall–Kier alpha value is -1.47. The summed E-state index contributed by atoms with van der Waals surface area (Å²) in [6, 6.07) is -2.33. The molecule has 0 aromatic carbocycles. The third-order valence-corrected chi connectivity index (χ3v) is 3.31. The first-order valence-corrected chi connectivity index (χ1v) is 6.55. The number of rotatable bonds is 4. The van der Waals surface area contributed by atoms with Crippen LogP contribution in [0, 0.1) is 5.92 Å². The van der Waals surface area contributed by atoms with Gasteiger partial charge in [-0.2, -0.15) is 13.2 Å². The highest BCUT2D eigenvalue weighted by atomic mass is 19.4. The number of hydrogen-bond acceptors (Lipinski definition) is 2. The summed E-state index contributed by atoms with van der Waals surface area (Å²) in [5.74, 6) is -1.66. The number of carbonyl (C=O) groups is 2. The molecule has 1 saturated carbocycles. The molecule has 1 rings (SSSR count). The quantitative estimate of drug-likeness (QED) is 0.744. The molecule has 8 heteroatoms. The number of hydrogen-bond donors (Lipinski definition) is 3. The maximum Gasteiger partial charge on any atom is 0.391 e. The van der Waals surface area contributed by atoms with Gasteiger partial charge < -0.3 is 15.7 Å². The van der Waals surface area contributed by atoms with Crippen LogP contribution in [0.2, 0.25) is 0 Å². The van der Waals surface area contributed by atoms with Crippen LogP contribution in [0.15, 0.2) is 0 Å². The Labute approximate surface area is 114 Å². The summed E-state index contributed by atoms with van der Waals surface area (Å²) in [4.78, 5) is 22.6. The van der Waals surface area contributed by atoms with Crippen LogP contribution in [-0.4, -0.2) is 35.4 Å². The van der Waals surface area contributed by atoms with Crippen LogP contribution in [0.1, 0.15) is 39.0 Å². The molecular formula is C12H19F3N2O3. The molecule has 3 atom stereocenters. The Morgan fingerprint density at radius 1 is 1.30 bits per heavy atom. The van der Waals surface area contributed by atoms with Gasteiger partial charge in [0.15, 0.2) is 0 Å². The summed E-state index contributed by atoms with van der Waals surface area (Å²) in [5, 5.41) is 13.7. The molecule has 0 spiro atoms. The first-order valence-electron chi connectivity index (χ1n) is 6.55. The maximum absolute atomic E-state index is 12.1. The van der Waals surface area contributed by atoms with E-state index in [-0.39, 0.29) is 0 Å². The Morgan fingerprint density at radius 3 is 2.45 bits per heavy atom. The number of carboxylic acid groups (broad SMARTS) is 1. The van der Waals surface area contributed by atoms with E-state index in [1.54, 1.807) is 0 Å². The fraction of sp³-hybridized carbons (Fsp3) is 0.833. The molecule has 2 amide bonds. The lowest BCUT2D eigenvalue weighted by Crippen LogP contribution is -2.51. The Kier molecular flexibility index (Phi) is 5.64. The first-order chi connectivity index (χ1) is 9.19. The molecule has 1 aliphatic rings. The van der Waals surface area contributed by atoms with Gasteiger partial charge in [-0.25, -0.2) is 4.79 Å². The van der Waals surface area contributed by atoms with Crippen LogP contribution in [0.5, 0.6) is 0 Å². The minimum absolute atomic E-state index is 0.471. The maximum atomic E-state index is 12.1.